The first kappa shape index (κ1) is 12.1. The average molecular weight is 279 g/mol. The van der Waals surface area contributed by atoms with E-state index >= 15 is 0 Å². The van der Waals surface area contributed by atoms with Crippen molar-refractivity contribution >= 4 is 39.1 Å². The van der Waals surface area contributed by atoms with Crippen molar-refractivity contribution in [1.82, 2.24) is 4.98 Å². The summed E-state index contributed by atoms with van der Waals surface area (Å²) in [5.41, 5.74) is 0.976. The quantitative estimate of drug-likeness (QED) is 0.865. The molecule has 2 heterocycles. The number of para-hydroxylation sites is 1. The van der Waals surface area contributed by atoms with Gasteiger partial charge in [0.1, 0.15) is 11.1 Å². The summed E-state index contributed by atoms with van der Waals surface area (Å²) in [5, 5.41) is 0.889. The molecule has 1 aromatic heterocycles. The fourth-order valence-corrected chi connectivity index (χ4v) is 3.79. The minimum atomic E-state index is -0.240. The topological polar surface area (TPSA) is 39.2 Å². The number of ether oxygens (including phenoxy) is 1. The van der Waals surface area contributed by atoms with Crippen LogP contribution in [0, 0.1) is 0 Å². The predicted octanol–water partition coefficient (Wildman–Crippen LogP) is 2.54. The molecule has 0 spiro atoms. The highest BCUT2D eigenvalue weighted by Crippen LogP contribution is 2.23. The molecule has 5 heteroatoms. The lowest BCUT2D eigenvalue weighted by Gasteiger charge is -2.20. The Balaban J connectivity index is 1.73. The number of carbonyl (C=O) groups excluding carboxylic acids is 1. The van der Waals surface area contributed by atoms with Crippen LogP contribution in [0.5, 0.6) is 0 Å². The van der Waals surface area contributed by atoms with Gasteiger partial charge in [-0.25, -0.2) is 4.98 Å². The molecule has 1 aromatic carbocycles. The average Bonchev–Trinajstić information content (AvgIpc) is 2.82. The highest BCUT2D eigenvalue weighted by atomic mass is 32.2. The third kappa shape index (κ3) is 2.58. The molecule has 1 saturated heterocycles. The van der Waals surface area contributed by atoms with Crippen LogP contribution in [-0.4, -0.2) is 35.0 Å². The maximum absolute atomic E-state index is 12.1. The van der Waals surface area contributed by atoms with Gasteiger partial charge in [-0.3, -0.25) is 4.79 Å². The van der Waals surface area contributed by atoms with Crippen LogP contribution in [0.2, 0.25) is 0 Å². The Hall–Kier alpha value is -0.910. The minimum Gasteiger partial charge on any atom is -0.369 e. The van der Waals surface area contributed by atoms with Gasteiger partial charge in [0, 0.05) is 11.5 Å². The summed E-state index contributed by atoms with van der Waals surface area (Å²) < 4.78 is 6.63. The number of fused-ring (bicyclic) bond motifs is 1. The summed E-state index contributed by atoms with van der Waals surface area (Å²) in [5.74, 6) is 1.93. The van der Waals surface area contributed by atoms with Crippen LogP contribution < -0.4 is 0 Å². The van der Waals surface area contributed by atoms with Crippen molar-refractivity contribution in [2.24, 2.45) is 0 Å². The summed E-state index contributed by atoms with van der Waals surface area (Å²) in [4.78, 5) is 16.6. The Morgan fingerprint density at radius 3 is 3.11 bits per heavy atom. The molecule has 0 saturated carbocycles. The van der Waals surface area contributed by atoms with Crippen LogP contribution in [0.15, 0.2) is 24.3 Å². The Bertz CT molecular complexity index is 528. The zero-order chi connectivity index (χ0) is 12.4. The molecule has 3 rings (SSSR count). The van der Waals surface area contributed by atoms with Gasteiger partial charge in [0.25, 0.3) is 0 Å². The van der Waals surface area contributed by atoms with Crippen LogP contribution in [0.1, 0.15) is 5.01 Å². The van der Waals surface area contributed by atoms with E-state index < -0.39 is 0 Å². The van der Waals surface area contributed by atoms with E-state index in [4.69, 9.17) is 4.74 Å². The van der Waals surface area contributed by atoms with Gasteiger partial charge in [-0.15, -0.1) is 11.3 Å². The fourth-order valence-electron chi connectivity index (χ4n) is 1.93. The van der Waals surface area contributed by atoms with Gasteiger partial charge in [-0.2, -0.15) is 11.8 Å². The maximum Gasteiger partial charge on any atom is 0.169 e. The number of carbonyl (C=O) groups is 1. The lowest BCUT2D eigenvalue weighted by Crippen LogP contribution is -2.32. The number of hydrogen-bond donors (Lipinski definition) is 0. The van der Waals surface area contributed by atoms with Gasteiger partial charge in [0.15, 0.2) is 5.78 Å². The number of Topliss-reactive ketones (excluding diaryl/α,β-unsaturated/α-hetero) is 1. The number of hydrogen-bond acceptors (Lipinski definition) is 5. The first-order chi connectivity index (χ1) is 8.83. The van der Waals surface area contributed by atoms with Gasteiger partial charge < -0.3 is 4.74 Å². The van der Waals surface area contributed by atoms with E-state index in [1.54, 1.807) is 23.1 Å². The third-order valence-corrected chi connectivity index (χ3v) is 4.87. The Morgan fingerprint density at radius 1 is 1.44 bits per heavy atom. The van der Waals surface area contributed by atoms with E-state index in [9.17, 15) is 4.79 Å². The largest absolute Gasteiger partial charge is 0.369 e. The molecule has 2 aromatic rings. The number of benzene rings is 1. The van der Waals surface area contributed by atoms with E-state index in [0.29, 0.717) is 13.0 Å². The molecule has 1 atom stereocenters. The number of ketones is 1. The highest BCUT2D eigenvalue weighted by Gasteiger charge is 2.23. The fraction of sp³-hybridized carbons (Fsp3) is 0.385. The molecule has 18 heavy (non-hydrogen) atoms. The maximum atomic E-state index is 12.1. The zero-order valence-corrected chi connectivity index (χ0v) is 11.4. The van der Waals surface area contributed by atoms with E-state index in [0.717, 1.165) is 26.7 Å². The molecule has 3 nitrogen and oxygen atoms in total. The zero-order valence-electron chi connectivity index (χ0n) is 9.80. The molecule has 1 aliphatic heterocycles. The van der Waals surface area contributed by atoms with Crippen molar-refractivity contribution in [3.63, 3.8) is 0 Å². The second kappa shape index (κ2) is 5.38. The van der Waals surface area contributed by atoms with Crippen molar-refractivity contribution in [2.45, 2.75) is 12.5 Å². The van der Waals surface area contributed by atoms with Crippen molar-refractivity contribution < 1.29 is 9.53 Å². The lowest BCUT2D eigenvalue weighted by molar-refractivity contribution is -0.128. The second-order valence-corrected chi connectivity index (χ2v) is 6.42. The van der Waals surface area contributed by atoms with Crippen LogP contribution >= 0.6 is 23.1 Å². The number of thioether (sulfide) groups is 1. The molecule has 0 N–H and O–H groups in total. The van der Waals surface area contributed by atoms with Gasteiger partial charge in [-0.1, -0.05) is 12.1 Å². The van der Waals surface area contributed by atoms with Crippen molar-refractivity contribution in [3.8, 4) is 0 Å². The van der Waals surface area contributed by atoms with E-state index in [1.165, 1.54) is 0 Å². The SMILES string of the molecule is O=C(Cc1nc2ccccc2s1)C1CSCCO1. The Morgan fingerprint density at radius 2 is 2.33 bits per heavy atom. The van der Waals surface area contributed by atoms with Crippen molar-refractivity contribution in [3.05, 3.63) is 29.3 Å². The summed E-state index contributed by atoms with van der Waals surface area (Å²) >= 11 is 3.38. The summed E-state index contributed by atoms with van der Waals surface area (Å²) in [6.07, 6.45) is 0.153. The van der Waals surface area contributed by atoms with Gasteiger partial charge in [0.2, 0.25) is 0 Å². The smallest absolute Gasteiger partial charge is 0.169 e. The number of rotatable bonds is 3. The molecular weight excluding hydrogens is 266 g/mol. The van der Waals surface area contributed by atoms with Gasteiger partial charge in [-0.05, 0) is 12.1 Å². The first-order valence-corrected chi connectivity index (χ1v) is 7.86. The summed E-state index contributed by atoms with van der Waals surface area (Å²) in [7, 11) is 0. The minimum absolute atomic E-state index is 0.154. The molecular formula is C13H13NO2S2. The predicted molar refractivity (Wildman–Crippen MR) is 75.4 cm³/mol. The molecule has 0 amide bonds. The molecule has 94 valence electrons. The van der Waals surface area contributed by atoms with Crippen LogP contribution in [0.3, 0.4) is 0 Å². The summed E-state index contributed by atoms with van der Waals surface area (Å²) in [6, 6.07) is 7.97. The number of thiazole rings is 1. The van der Waals surface area contributed by atoms with E-state index in [-0.39, 0.29) is 11.9 Å². The molecule has 0 bridgehead atoms. The van der Waals surface area contributed by atoms with Gasteiger partial charge in [0.05, 0.1) is 23.2 Å². The lowest BCUT2D eigenvalue weighted by atomic mass is 10.2. The third-order valence-electron chi connectivity index (χ3n) is 2.84. The number of nitrogens with zero attached hydrogens (tertiary/aromatic N) is 1. The van der Waals surface area contributed by atoms with Crippen molar-refractivity contribution in [1.29, 1.82) is 0 Å². The van der Waals surface area contributed by atoms with Gasteiger partial charge >= 0.3 is 0 Å². The Labute approximate surface area is 114 Å². The molecule has 1 fully saturated rings. The van der Waals surface area contributed by atoms with Crippen molar-refractivity contribution in [2.75, 3.05) is 18.1 Å². The van der Waals surface area contributed by atoms with E-state index in [2.05, 4.69) is 4.98 Å². The van der Waals surface area contributed by atoms with Crippen LogP contribution in [-0.2, 0) is 16.0 Å². The monoisotopic (exact) mass is 279 g/mol. The molecule has 1 unspecified atom stereocenters. The Kier molecular flexibility index (Phi) is 3.63. The standard InChI is InChI=1S/C13H13NO2S2/c15-10(11-8-17-6-5-16-11)7-13-14-9-3-1-2-4-12(9)18-13/h1-4,11H,5-8H2. The molecule has 0 aliphatic carbocycles. The molecule has 0 radical (unpaired) electrons. The van der Waals surface area contributed by atoms with Crippen LogP contribution in [0.25, 0.3) is 10.2 Å². The van der Waals surface area contributed by atoms with Crippen LogP contribution in [0.4, 0.5) is 0 Å². The molecule has 1 aliphatic rings. The van der Waals surface area contributed by atoms with E-state index in [1.807, 2.05) is 24.3 Å². The normalized spacial score (nSPS) is 20.1. The first-order valence-electron chi connectivity index (χ1n) is 5.89. The highest BCUT2D eigenvalue weighted by molar-refractivity contribution is 7.99. The second-order valence-electron chi connectivity index (χ2n) is 4.15. The summed E-state index contributed by atoms with van der Waals surface area (Å²) in [6.45, 7) is 0.681. The number of aromatic nitrogens is 1.